The summed E-state index contributed by atoms with van der Waals surface area (Å²) in [6.45, 7) is 8.38. The van der Waals surface area contributed by atoms with Crippen LogP contribution in [0.15, 0.2) is 54.7 Å². The van der Waals surface area contributed by atoms with Gasteiger partial charge in [0.25, 0.3) is 0 Å². The minimum Gasteiger partial charge on any atom is -0.361 e. The Balaban J connectivity index is 1.40. The number of hydrogen-bond acceptors (Lipinski definition) is 4. The molecule has 1 spiro atoms. The van der Waals surface area contributed by atoms with E-state index in [1.807, 2.05) is 77.3 Å². The molecule has 5 rings (SSSR count). The number of fused-ring (bicyclic) bond motifs is 3. The van der Waals surface area contributed by atoms with Gasteiger partial charge < -0.3 is 30.3 Å². The van der Waals surface area contributed by atoms with E-state index in [1.165, 1.54) is 5.56 Å². The summed E-state index contributed by atoms with van der Waals surface area (Å²) in [5.41, 5.74) is 4.26. The topological polar surface area (TPSA) is 101 Å². The summed E-state index contributed by atoms with van der Waals surface area (Å²) in [5.74, 6) is -0.338. The van der Waals surface area contributed by atoms with Crippen LogP contribution in [0.3, 0.4) is 0 Å². The molecular weight excluding hydrogens is 552 g/mol. The van der Waals surface area contributed by atoms with Gasteiger partial charge >= 0.3 is 6.03 Å². The highest BCUT2D eigenvalue weighted by Crippen LogP contribution is 2.52. The van der Waals surface area contributed by atoms with Crippen LogP contribution in [0.4, 0.5) is 4.79 Å². The number of benzene rings is 2. The molecule has 44 heavy (non-hydrogen) atoms. The molecule has 1 saturated heterocycles. The first-order valence-corrected chi connectivity index (χ1v) is 15.9. The van der Waals surface area contributed by atoms with Crippen LogP contribution in [0.2, 0.25) is 0 Å². The van der Waals surface area contributed by atoms with Crippen LogP contribution in [-0.4, -0.2) is 96.9 Å². The third-order valence-corrected chi connectivity index (χ3v) is 9.92. The maximum atomic E-state index is 14.4. The predicted octanol–water partition coefficient (Wildman–Crippen LogP) is 4.42. The molecule has 2 aliphatic rings. The molecule has 0 radical (unpaired) electrons. The first-order valence-electron chi connectivity index (χ1n) is 15.9. The van der Waals surface area contributed by atoms with Crippen molar-refractivity contribution in [3.05, 3.63) is 71.4 Å². The molecule has 4 amide bonds. The maximum Gasteiger partial charge on any atom is 0.318 e. The summed E-state index contributed by atoms with van der Waals surface area (Å²) < 4.78 is 0. The van der Waals surface area contributed by atoms with Gasteiger partial charge in [0.1, 0.15) is 6.04 Å². The average Bonchev–Trinajstić information content (AvgIpc) is 3.59. The maximum absolute atomic E-state index is 14.4. The van der Waals surface area contributed by atoms with Gasteiger partial charge in [0, 0.05) is 74.7 Å². The number of hydrogen-bond donors (Lipinski definition) is 3. The van der Waals surface area contributed by atoms with Gasteiger partial charge in [0.2, 0.25) is 11.8 Å². The lowest BCUT2D eigenvalue weighted by Crippen LogP contribution is -2.57. The second-order valence-electron chi connectivity index (χ2n) is 13.1. The summed E-state index contributed by atoms with van der Waals surface area (Å²) in [6, 6.07) is 15.4. The number of H-pyrrole nitrogens is 1. The smallest absolute Gasteiger partial charge is 0.318 e. The largest absolute Gasteiger partial charge is 0.361 e. The van der Waals surface area contributed by atoms with Crippen LogP contribution >= 0.6 is 0 Å². The fourth-order valence-corrected chi connectivity index (χ4v) is 7.35. The standard InChI is InChI=1S/C35H48N6O3/c1-23(2)41(20-17-36-4)34(44)38-31(24(3)28-22-37-30-14-10-8-12-26(28)30)33(43)40-18-15-35(16-19-40)21-27(32(42)39(5)6)25-11-7-9-13-29(25)35/h7-14,22-24,27,31,36-37H,15-21H2,1-6H3,(H,38,44)/t24-,27-,31-/m1/s1. The van der Waals surface area contributed by atoms with Crippen molar-refractivity contribution in [3.8, 4) is 0 Å². The van der Waals surface area contributed by atoms with Crippen molar-refractivity contribution in [1.29, 1.82) is 0 Å². The third kappa shape index (κ3) is 5.94. The number of likely N-dealkylation sites (N-methyl/N-ethyl adjacent to an activating group) is 2. The van der Waals surface area contributed by atoms with Gasteiger partial charge in [-0.3, -0.25) is 9.59 Å². The zero-order valence-corrected chi connectivity index (χ0v) is 27.0. The van der Waals surface area contributed by atoms with Crippen molar-refractivity contribution in [2.75, 3.05) is 47.3 Å². The molecular formula is C35H48N6O3. The Bertz CT molecular complexity index is 1490. The van der Waals surface area contributed by atoms with Crippen LogP contribution in [0.1, 0.15) is 68.6 Å². The average molecular weight is 601 g/mol. The second-order valence-corrected chi connectivity index (χ2v) is 13.1. The van der Waals surface area contributed by atoms with Gasteiger partial charge in [-0.15, -0.1) is 0 Å². The second kappa shape index (κ2) is 13.0. The van der Waals surface area contributed by atoms with Crippen molar-refractivity contribution in [3.63, 3.8) is 0 Å². The fourth-order valence-electron chi connectivity index (χ4n) is 7.35. The number of rotatable bonds is 9. The van der Waals surface area contributed by atoms with Gasteiger partial charge in [-0.1, -0.05) is 49.4 Å². The molecule has 236 valence electrons. The predicted molar refractivity (Wildman–Crippen MR) is 175 cm³/mol. The van der Waals surface area contributed by atoms with E-state index in [1.54, 1.807) is 9.80 Å². The summed E-state index contributed by atoms with van der Waals surface area (Å²) >= 11 is 0. The summed E-state index contributed by atoms with van der Waals surface area (Å²) in [5, 5.41) is 7.35. The van der Waals surface area contributed by atoms with Crippen LogP contribution < -0.4 is 10.6 Å². The molecule has 1 aliphatic carbocycles. The number of nitrogens with one attached hydrogen (secondary N) is 3. The number of piperidine rings is 1. The zero-order chi connectivity index (χ0) is 31.6. The Hall–Kier alpha value is -3.85. The summed E-state index contributed by atoms with van der Waals surface area (Å²) in [4.78, 5) is 50.0. The van der Waals surface area contributed by atoms with E-state index in [2.05, 4.69) is 39.9 Å². The van der Waals surface area contributed by atoms with Crippen molar-refractivity contribution in [1.82, 2.24) is 30.3 Å². The fraction of sp³-hybridized carbons (Fsp3) is 0.514. The van der Waals surface area contributed by atoms with Crippen molar-refractivity contribution in [2.45, 2.75) is 69.4 Å². The SMILES string of the molecule is CNCCN(C(=O)N[C@@H](C(=O)N1CCC2(CC1)C[C@@H](C(=O)N(C)C)c1ccccc12)[C@H](C)c1c[nH]c2ccccc12)C(C)C. The lowest BCUT2D eigenvalue weighted by atomic mass is 9.73. The van der Waals surface area contributed by atoms with Crippen LogP contribution in [0.5, 0.6) is 0 Å². The molecule has 3 aromatic rings. The molecule has 0 unspecified atom stereocenters. The Labute approximate surface area is 261 Å². The van der Waals surface area contributed by atoms with Crippen molar-refractivity contribution < 1.29 is 14.4 Å². The Morgan fingerprint density at radius 1 is 1.02 bits per heavy atom. The third-order valence-electron chi connectivity index (χ3n) is 9.92. The number of amides is 4. The first-order chi connectivity index (χ1) is 21.1. The normalized spacial score (nSPS) is 18.7. The Morgan fingerprint density at radius 3 is 2.39 bits per heavy atom. The Kier molecular flexibility index (Phi) is 9.34. The van der Waals surface area contributed by atoms with E-state index in [9.17, 15) is 14.4 Å². The first kappa shape index (κ1) is 31.6. The number of para-hydroxylation sites is 1. The number of aromatic amines is 1. The van der Waals surface area contributed by atoms with E-state index in [4.69, 9.17) is 0 Å². The summed E-state index contributed by atoms with van der Waals surface area (Å²) in [7, 11) is 5.51. The quantitative estimate of drug-likeness (QED) is 0.339. The number of aromatic nitrogens is 1. The number of carbonyl (C=O) groups excluding carboxylic acids is 3. The lowest BCUT2D eigenvalue weighted by molar-refractivity contribution is -0.136. The molecule has 1 aromatic heterocycles. The zero-order valence-electron chi connectivity index (χ0n) is 27.0. The van der Waals surface area contributed by atoms with Crippen LogP contribution in [0.25, 0.3) is 10.9 Å². The minimum absolute atomic E-state index is 0.0161. The lowest BCUT2D eigenvalue weighted by Gasteiger charge is -2.42. The minimum atomic E-state index is -0.731. The highest BCUT2D eigenvalue weighted by atomic mass is 16.2. The van der Waals surface area contributed by atoms with E-state index >= 15 is 0 Å². The number of likely N-dealkylation sites (tertiary alicyclic amines) is 1. The molecule has 2 heterocycles. The molecule has 1 aliphatic heterocycles. The highest BCUT2D eigenvalue weighted by Gasteiger charge is 2.49. The molecule has 0 saturated carbocycles. The van der Waals surface area contributed by atoms with Crippen molar-refractivity contribution in [2.24, 2.45) is 0 Å². The molecule has 3 N–H and O–H groups in total. The molecule has 1 fully saturated rings. The van der Waals surface area contributed by atoms with E-state index in [0.29, 0.717) is 26.2 Å². The van der Waals surface area contributed by atoms with Gasteiger partial charge in [0.15, 0.2) is 0 Å². The molecule has 3 atom stereocenters. The molecule has 9 heteroatoms. The van der Waals surface area contributed by atoms with E-state index in [-0.39, 0.29) is 41.1 Å². The molecule has 9 nitrogen and oxygen atoms in total. The number of carbonyl (C=O) groups is 3. The monoisotopic (exact) mass is 600 g/mol. The van der Waals surface area contributed by atoms with E-state index in [0.717, 1.165) is 41.3 Å². The highest BCUT2D eigenvalue weighted by molar-refractivity contribution is 5.91. The number of nitrogens with zero attached hydrogens (tertiary/aromatic N) is 3. The van der Waals surface area contributed by atoms with Crippen LogP contribution in [-0.2, 0) is 15.0 Å². The van der Waals surface area contributed by atoms with Crippen LogP contribution in [0, 0.1) is 0 Å². The Morgan fingerprint density at radius 2 is 1.70 bits per heavy atom. The van der Waals surface area contributed by atoms with E-state index < -0.39 is 6.04 Å². The van der Waals surface area contributed by atoms with Gasteiger partial charge in [-0.2, -0.15) is 0 Å². The summed E-state index contributed by atoms with van der Waals surface area (Å²) in [6.07, 6.45) is 4.31. The van der Waals surface area contributed by atoms with Crippen molar-refractivity contribution >= 4 is 28.7 Å². The van der Waals surface area contributed by atoms with Gasteiger partial charge in [-0.25, -0.2) is 4.79 Å². The molecule has 2 aromatic carbocycles. The number of urea groups is 1. The van der Waals surface area contributed by atoms with Gasteiger partial charge in [0.05, 0.1) is 5.92 Å². The molecule has 0 bridgehead atoms. The van der Waals surface area contributed by atoms with Gasteiger partial charge in [-0.05, 0) is 62.9 Å².